The van der Waals surface area contributed by atoms with E-state index in [1.807, 2.05) is 6.07 Å². The normalized spacial score (nSPS) is 10.8. The largest absolute Gasteiger partial charge is 0.493 e. The van der Waals surface area contributed by atoms with Crippen LogP contribution in [0, 0.1) is 10.1 Å². The second-order valence-corrected chi connectivity index (χ2v) is 7.73. The van der Waals surface area contributed by atoms with Crippen LogP contribution in [-0.2, 0) is 6.61 Å². The van der Waals surface area contributed by atoms with Gasteiger partial charge in [0.05, 0.1) is 28.3 Å². The number of rotatable bonds is 8. The molecule has 1 aromatic heterocycles. The molecule has 0 saturated heterocycles. The average Bonchev–Trinajstić information content (AvgIpc) is 2.76. The van der Waals surface area contributed by atoms with Crippen LogP contribution in [0.2, 0.25) is 10.0 Å². The monoisotopic (exact) mass is 524 g/mol. The van der Waals surface area contributed by atoms with Crippen molar-refractivity contribution in [3.05, 3.63) is 84.4 Å². The third-order valence-electron chi connectivity index (χ3n) is 4.02. The predicted molar refractivity (Wildman–Crippen MR) is 124 cm³/mol. The van der Waals surface area contributed by atoms with E-state index in [9.17, 15) is 10.1 Å². The quantitative estimate of drug-likeness (QED) is 0.217. The maximum absolute atomic E-state index is 11.1. The Labute approximate surface area is 196 Å². The van der Waals surface area contributed by atoms with Crippen molar-refractivity contribution in [2.24, 2.45) is 5.10 Å². The van der Waals surface area contributed by atoms with Gasteiger partial charge in [-0.1, -0.05) is 29.3 Å². The minimum atomic E-state index is -0.538. The van der Waals surface area contributed by atoms with E-state index in [0.29, 0.717) is 31.6 Å². The fraction of sp³-hybridized carbons (Fsp3) is 0.100. The summed E-state index contributed by atoms with van der Waals surface area (Å²) < 4.78 is 11.9. The lowest BCUT2D eigenvalue weighted by Crippen LogP contribution is -2.01. The van der Waals surface area contributed by atoms with Crippen LogP contribution in [0.5, 0.6) is 11.5 Å². The molecular formula is C20H15BrCl2N4O4. The molecule has 0 amide bonds. The van der Waals surface area contributed by atoms with Crippen molar-refractivity contribution in [3.8, 4) is 11.5 Å². The van der Waals surface area contributed by atoms with Gasteiger partial charge in [0.2, 0.25) is 5.82 Å². The number of aromatic nitrogens is 1. The molecule has 0 radical (unpaired) electrons. The minimum absolute atomic E-state index is 0.0356. The van der Waals surface area contributed by atoms with Crippen molar-refractivity contribution in [2.75, 3.05) is 12.5 Å². The van der Waals surface area contributed by atoms with Gasteiger partial charge in [-0.05, 0) is 51.8 Å². The number of ether oxygens (including phenoxy) is 2. The molecule has 0 bridgehead atoms. The molecule has 31 heavy (non-hydrogen) atoms. The molecule has 1 heterocycles. The van der Waals surface area contributed by atoms with E-state index in [1.165, 1.54) is 31.7 Å². The minimum Gasteiger partial charge on any atom is -0.493 e. The summed E-state index contributed by atoms with van der Waals surface area (Å²) in [5.74, 6) is 1.02. The second kappa shape index (κ2) is 10.4. The number of hydrazone groups is 1. The molecule has 2 aromatic carbocycles. The maximum atomic E-state index is 11.1. The standard InChI is InChI=1S/C20H15BrCl2N4O4/c1-30-18-8-13(10-25-26-20-17(27(28)29)3-2-6-24-20)14(21)9-19(18)31-11-12-4-5-15(22)16(23)7-12/h2-10H,11H2,1H3,(H,24,26)/b25-10-. The van der Waals surface area contributed by atoms with E-state index in [1.54, 1.807) is 24.3 Å². The average molecular weight is 526 g/mol. The Morgan fingerprint density at radius 2 is 2.03 bits per heavy atom. The van der Waals surface area contributed by atoms with Gasteiger partial charge in [-0.15, -0.1) is 0 Å². The highest BCUT2D eigenvalue weighted by Gasteiger charge is 2.14. The zero-order valence-electron chi connectivity index (χ0n) is 16.0. The number of nitrogens with zero attached hydrogens (tertiary/aromatic N) is 3. The number of hydrogen-bond acceptors (Lipinski definition) is 7. The van der Waals surface area contributed by atoms with E-state index in [2.05, 4.69) is 31.4 Å². The summed E-state index contributed by atoms with van der Waals surface area (Å²) >= 11 is 15.4. The topological polar surface area (TPSA) is 98.9 Å². The van der Waals surface area contributed by atoms with E-state index in [-0.39, 0.29) is 18.1 Å². The summed E-state index contributed by atoms with van der Waals surface area (Å²) in [6, 6.07) is 11.5. The number of nitro groups is 1. The molecule has 3 aromatic rings. The first kappa shape index (κ1) is 22.8. The lowest BCUT2D eigenvalue weighted by atomic mass is 10.2. The van der Waals surface area contributed by atoms with Crippen LogP contribution >= 0.6 is 39.1 Å². The molecule has 1 N–H and O–H groups in total. The summed E-state index contributed by atoms with van der Waals surface area (Å²) in [5.41, 5.74) is 3.90. The van der Waals surface area contributed by atoms with Crippen molar-refractivity contribution < 1.29 is 14.4 Å². The number of nitrogens with one attached hydrogen (secondary N) is 1. The molecule has 0 saturated carbocycles. The Kier molecular flexibility index (Phi) is 7.67. The molecule has 0 spiro atoms. The number of hydrogen-bond donors (Lipinski definition) is 1. The number of anilines is 1. The van der Waals surface area contributed by atoms with Crippen LogP contribution in [0.4, 0.5) is 11.5 Å². The Morgan fingerprint density at radius 1 is 1.23 bits per heavy atom. The zero-order valence-corrected chi connectivity index (χ0v) is 19.1. The number of benzene rings is 2. The van der Waals surface area contributed by atoms with Crippen LogP contribution in [0.1, 0.15) is 11.1 Å². The molecule has 160 valence electrons. The molecular weight excluding hydrogens is 511 g/mol. The summed E-state index contributed by atoms with van der Waals surface area (Å²) in [7, 11) is 1.52. The predicted octanol–water partition coefficient (Wildman–Crippen LogP) is 6.09. The molecule has 0 aliphatic heterocycles. The Hall–Kier alpha value is -2.88. The number of pyridine rings is 1. The van der Waals surface area contributed by atoms with Gasteiger partial charge in [0.25, 0.3) is 0 Å². The molecule has 0 aliphatic carbocycles. The molecule has 11 heteroatoms. The fourth-order valence-corrected chi connectivity index (χ4v) is 3.25. The number of halogens is 3. The highest BCUT2D eigenvalue weighted by molar-refractivity contribution is 9.10. The smallest absolute Gasteiger partial charge is 0.313 e. The molecule has 3 rings (SSSR count). The summed E-state index contributed by atoms with van der Waals surface area (Å²) in [6.07, 6.45) is 2.91. The van der Waals surface area contributed by atoms with Crippen LogP contribution < -0.4 is 14.9 Å². The van der Waals surface area contributed by atoms with Gasteiger partial charge in [0, 0.05) is 22.3 Å². The summed E-state index contributed by atoms with van der Waals surface area (Å²) in [4.78, 5) is 14.4. The number of methoxy groups -OCH3 is 1. The SMILES string of the molecule is COc1cc(/C=N\Nc2ncccc2[N+](=O)[O-])c(Br)cc1OCc1ccc(Cl)c(Cl)c1. The first-order chi connectivity index (χ1) is 14.9. The first-order valence-electron chi connectivity index (χ1n) is 8.71. The Bertz CT molecular complexity index is 1140. The summed E-state index contributed by atoms with van der Waals surface area (Å²) in [5, 5.41) is 16.0. The van der Waals surface area contributed by atoms with Crippen LogP contribution in [-0.4, -0.2) is 23.2 Å². The van der Waals surface area contributed by atoms with Crippen molar-refractivity contribution in [1.29, 1.82) is 0 Å². The van der Waals surface area contributed by atoms with E-state index >= 15 is 0 Å². The lowest BCUT2D eigenvalue weighted by molar-refractivity contribution is -0.384. The third kappa shape index (κ3) is 5.84. The highest BCUT2D eigenvalue weighted by atomic mass is 79.9. The molecule has 0 fully saturated rings. The zero-order chi connectivity index (χ0) is 22.4. The molecule has 8 nitrogen and oxygen atoms in total. The molecule has 0 unspecified atom stereocenters. The van der Waals surface area contributed by atoms with Crippen molar-refractivity contribution in [2.45, 2.75) is 6.61 Å². The van der Waals surface area contributed by atoms with E-state index in [4.69, 9.17) is 32.7 Å². The van der Waals surface area contributed by atoms with Crippen LogP contribution in [0.3, 0.4) is 0 Å². The van der Waals surface area contributed by atoms with Gasteiger partial charge in [-0.25, -0.2) is 4.98 Å². The first-order valence-corrected chi connectivity index (χ1v) is 10.3. The maximum Gasteiger partial charge on any atom is 0.313 e. The van der Waals surface area contributed by atoms with Crippen LogP contribution in [0.15, 0.2) is 58.2 Å². The van der Waals surface area contributed by atoms with Crippen molar-refractivity contribution in [1.82, 2.24) is 4.98 Å². The van der Waals surface area contributed by atoms with Gasteiger partial charge in [0.15, 0.2) is 11.5 Å². The van der Waals surface area contributed by atoms with Gasteiger partial charge in [0.1, 0.15) is 6.61 Å². The van der Waals surface area contributed by atoms with Gasteiger partial charge in [-0.2, -0.15) is 5.10 Å². The van der Waals surface area contributed by atoms with Crippen molar-refractivity contribution >= 4 is 56.9 Å². The lowest BCUT2D eigenvalue weighted by Gasteiger charge is -2.13. The van der Waals surface area contributed by atoms with Crippen LogP contribution in [0.25, 0.3) is 0 Å². The van der Waals surface area contributed by atoms with E-state index in [0.717, 1.165) is 5.56 Å². The summed E-state index contributed by atoms with van der Waals surface area (Å²) in [6.45, 7) is 0.262. The second-order valence-electron chi connectivity index (χ2n) is 6.06. The van der Waals surface area contributed by atoms with Gasteiger partial charge in [-0.3, -0.25) is 15.5 Å². The molecule has 0 aliphatic rings. The Balaban J connectivity index is 1.75. The third-order valence-corrected chi connectivity index (χ3v) is 5.44. The molecule has 0 atom stereocenters. The highest BCUT2D eigenvalue weighted by Crippen LogP contribution is 2.34. The van der Waals surface area contributed by atoms with Gasteiger partial charge >= 0.3 is 5.69 Å². The van der Waals surface area contributed by atoms with Gasteiger partial charge < -0.3 is 9.47 Å². The fourth-order valence-electron chi connectivity index (χ4n) is 2.51. The van der Waals surface area contributed by atoms with Crippen molar-refractivity contribution in [3.63, 3.8) is 0 Å². The van der Waals surface area contributed by atoms with E-state index < -0.39 is 4.92 Å². The Morgan fingerprint density at radius 3 is 2.74 bits per heavy atom.